The maximum atomic E-state index is 12.4. The van der Waals surface area contributed by atoms with Crippen LogP contribution >= 0.6 is 0 Å². The van der Waals surface area contributed by atoms with Crippen molar-refractivity contribution in [3.63, 3.8) is 0 Å². The largest absolute Gasteiger partial charge is 0.464 e. The van der Waals surface area contributed by atoms with Crippen LogP contribution in [-0.2, 0) is 9.47 Å². The van der Waals surface area contributed by atoms with E-state index >= 15 is 0 Å². The SMILES string of the molecule is COC(=O)c1coc(C(C)NC(=O)c2coc(C(C)NC(=O)OC(C)(C)C)n2)n1. The van der Waals surface area contributed by atoms with Gasteiger partial charge in [0.25, 0.3) is 5.91 Å². The number of esters is 1. The molecule has 2 rings (SSSR count). The zero-order chi connectivity index (χ0) is 21.8. The van der Waals surface area contributed by atoms with E-state index in [-0.39, 0.29) is 23.2 Å². The van der Waals surface area contributed by atoms with Crippen LogP contribution in [0.5, 0.6) is 0 Å². The highest BCUT2D eigenvalue weighted by atomic mass is 16.6. The Morgan fingerprint density at radius 3 is 2.03 bits per heavy atom. The number of ether oxygens (including phenoxy) is 2. The Hall–Kier alpha value is -3.37. The van der Waals surface area contributed by atoms with E-state index in [9.17, 15) is 14.4 Å². The standard InChI is InChI=1S/C18H24N4O7/c1-9(14-22-12(8-28-14)16(24)26-6)19-13(23)11-7-27-15(21-11)10(2)20-17(25)29-18(3,4)5/h7-10H,1-6H3,(H,19,23)(H,20,25). The van der Waals surface area contributed by atoms with E-state index in [0.717, 1.165) is 6.26 Å². The quantitative estimate of drug-likeness (QED) is 0.688. The highest BCUT2D eigenvalue weighted by molar-refractivity contribution is 5.92. The van der Waals surface area contributed by atoms with E-state index in [1.165, 1.54) is 13.4 Å². The predicted molar refractivity (Wildman–Crippen MR) is 98.0 cm³/mol. The zero-order valence-electron chi connectivity index (χ0n) is 17.1. The monoisotopic (exact) mass is 408 g/mol. The Kier molecular flexibility index (Phi) is 6.62. The molecule has 2 N–H and O–H groups in total. The van der Waals surface area contributed by atoms with Crippen LogP contribution in [0.1, 0.15) is 79.5 Å². The molecular formula is C18H24N4O7. The summed E-state index contributed by atoms with van der Waals surface area (Å²) in [5.41, 5.74) is -0.645. The van der Waals surface area contributed by atoms with E-state index in [1.807, 2.05) is 0 Å². The summed E-state index contributed by atoms with van der Waals surface area (Å²) in [4.78, 5) is 43.6. The second kappa shape index (κ2) is 8.76. The molecule has 0 bridgehead atoms. The lowest BCUT2D eigenvalue weighted by molar-refractivity contribution is 0.0499. The van der Waals surface area contributed by atoms with Gasteiger partial charge in [0.2, 0.25) is 11.8 Å². The molecule has 2 amide bonds. The fraction of sp³-hybridized carbons (Fsp3) is 0.500. The van der Waals surface area contributed by atoms with Gasteiger partial charge in [-0.05, 0) is 34.6 Å². The number of carbonyl (C=O) groups excluding carboxylic acids is 3. The molecule has 0 saturated carbocycles. The molecule has 2 unspecified atom stereocenters. The Morgan fingerprint density at radius 2 is 1.48 bits per heavy atom. The smallest absolute Gasteiger partial charge is 0.408 e. The van der Waals surface area contributed by atoms with Crippen molar-refractivity contribution in [1.29, 1.82) is 0 Å². The number of methoxy groups -OCH3 is 1. The minimum Gasteiger partial charge on any atom is -0.464 e. The number of alkyl carbamates (subject to hydrolysis) is 1. The lowest BCUT2D eigenvalue weighted by Crippen LogP contribution is -2.34. The van der Waals surface area contributed by atoms with Gasteiger partial charge in [0.1, 0.15) is 30.2 Å². The summed E-state index contributed by atoms with van der Waals surface area (Å²) < 4.78 is 20.2. The van der Waals surface area contributed by atoms with Crippen molar-refractivity contribution in [2.24, 2.45) is 0 Å². The fourth-order valence-electron chi connectivity index (χ4n) is 2.15. The molecule has 11 heteroatoms. The second-order valence-electron chi connectivity index (χ2n) is 7.20. The Labute approximate surface area is 167 Å². The van der Waals surface area contributed by atoms with Gasteiger partial charge in [-0.15, -0.1) is 0 Å². The van der Waals surface area contributed by atoms with Crippen LogP contribution in [-0.4, -0.2) is 40.6 Å². The van der Waals surface area contributed by atoms with E-state index in [2.05, 4.69) is 25.3 Å². The van der Waals surface area contributed by atoms with E-state index in [0.29, 0.717) is 0 Å². The molecule has 0 aliphatic carbocycles. The summed E-state index contributed by atoms with van der Waals surface area (Å²) >= 11 is 0. The Morgan fingerprint density at radius 1 is 0.966 bits per heavy atom. The summed E-state index contributed by atoms with van der Waals surface area (Å²) in [7, 11) is 1.22. The average molecular weight is 408 g/mol. The number of hydrogen-bond donors (Lipinski definition) is 2. The van der Waals surface area contributed by atoms with Crippen molar-refractivity contribution < 1.29 is 32.7 Å². The fourth-order valence-corrected chi connectivity index (χ4v) is 2.15. The highest BCUT2D eigenvalue weighted by Gasteiger charge is 2.24. The van der Waals surface area contributed by atoms with Crippen molar-refractivity contribution >= 4 is 18.0 Å². The first-order valence-corrected chi connectivity index (χ1v) is 8.79. The Balaban J connectivity index is 1.97. The van der Waals surface area contributed by atoms with E-state index in [4.69, 9.17) is 13.6 Å². The third-order valence-corrected chi connectivity index (χ3v) is 3.49. The first-order chi connectivity index (χ1) is 13.5. The van der Waals surface area contributed by atoms with E-state index < -0.39 is 35.7 Å². The number of aromatic nitrogens is 2. The van der Waals surface area contributed by atoms with Crippen LogP contribution < -0.4 is 10.6 Å². The maximum Gasteiger partial charge on any atom is 0.408 e. The van der Waals surface area contributed by atoms with Gasteiger partial charge in [0.15, 0.2) is 11.4 Å². The predicted octanol–water partition coefficient (Wildman–Crippen LogP) is 2.53. The van der Waals surface area contributed by atoms with Crippen LogP contribution in [0, 0.1) is 0 Å². The lowest BCUT2D eigenvalue weighted by Gasteiger charge is -2.20. The van der Waals surface area contributed by atoms with Gasteiger partial charge in [-0.2, -0.15) is 0 Å². The molecule has 29 heavy (non-hydrogen) atoms. The van der Waals surface area contributed by atoms with Crippen molar-refractivity contribution in [2.45, 2.75) is 52.3 Å². The van der Waals surface area contributed by atoms with Gasteiger partial charge >= 0.3 is 12.1 Å². The number of nitrogens with one attached hydrogen (secondary N) is 2. The van der Waals surface area contributed by atoms with Crippen LogP contribution in [0.4, 0.5) is 4.79 Å². The molecule has 2 heterocycles. The third-order valence-electron chi connectivity index (χ3n) is 3.49. The second-order valence-corrected chi connectivity index (χ2v) is 7.20. The van der Waals surface area contributed by atoms with Crippen LogP contribution in [0.2, 0.25) is 0 Å². The summed E-state index contributed by atoms with van der Waals surface area (Å²) in [6, 6.07) is -1.25. The van der Waals surface area contributed by atoms with Crippen LogP contribution in [0.15, 0.2) is 21.4 Å². The molecule has 0 saturated heterocycles. The molecule has 11 nitrogen and oxygen atoms in total. The molecule has 2 atom stereocenters. The van der Waals surface area contributed by atoms with Gasteiger partial charge in [0, 0.05) is 0 Å². The van der Waals surface area contributed by atoms with Crippen molar-refractivity contribution in [3.05, 3.63) is 35.7 Å². The first-order valence-electron chi connectivity index (χ1n) is 8.79. The molecule has 0 fully saturated rings. The van der Waals surface area contributed by atoms with E-state index in [1.54, 1.807) is 34.6 Å². The average Bonchev–Trinajstić information content (AvgIpc) is 3.29. The molecule has 0 spiro atoms. The molecule has 0 aliphatic rings. The number of amides is 2. The first kappa shape index (κ1) is 21.9. The molecular weight excluding hydrogens is 384 g/mol. The number of rotatable bonds is 6. The maximum absolute atomic E-state index is 12.4. The lowest BCUT2D eigenvalue weighted by atomic mass is 10.2. The Bertz CT molecular complexity index is 881. The molecule has 0 aromatic carbocycles. The van der Waals surface area contributed by atoms with Gasteiger partial charge < -0.3 is 28.9 Å². The normalized spacial score (nSPS) is 13.3. The molecule has 2 aromatic rings. The minimum absolute atomic E-state index is 0.00411. The zero-order valence-corrected chi connectivity index (χ0v) is 17.1. The number of carbonyl (C=O) groups is 3. The van der Waals surface area contributed by atoms with Crippen molar-refractivity contribution in [3.8, 4) is 0 Å². The summed E-state index contributed by atoms with van der Waals surface area (Å²) in [5.74, 6) is -0.930. The van der Waals surface area contributed by atoms with Gasteiger partial charge in [0.05, 0.1) is 7.11 Å². The third kappa shape index (κ3) is 6.06. The molecule has 0 radical (unpaired) electrons. The minimum atomic E-state index is -0.647. The topological polar surface area (TPSA) is 146 Å². The molecule has 2 aromatic heterocycles. The number of nitrogens with zero attached hydrogens (tertiary/aromatic N) is 2. The van der Waals surface area contributed by atoms with Gasteiger partial charge in [-0.1, -0.05) is 0 Å². The van der Waals surface area contributed by atoms with Gasteiger partial charge in [-0.25, -0.2) is 19.6 Å². The summed E-state index contributed by atoms with van der Waals surface area (Å²) in [5, 5.41) is 5.20. The van der Waals surface area contributed by atoms with Crippen molar-refractivity contribution in [2.75, 3.05) is 7.11 Å². The van der Waals surface area contributed by atoms with Crippen molar-refractivity contribution in [1.82, 2.24) is 20.6 Å². The molecule has 158 valence electrons. The highest BCUT2D eigenvalue weighted by Crippen LogP contribution is 2.16. The van der Waals surface area contributed by atoms with Crippen LogP contribution in [0.25, 0.3) is 0 Å². The number of hydrogen-bond acceptors (Lipinski definition) is 9. The molecule has 0 aliphatic heterocycles. The van der Waals surface area contributed by atoms with Gasteiger partial charge in [-0.3, -0.25) is 4.79 Å². The summed E-state index contributed by atoms with van der Waals surface area (Å²) in [6.07, 6.45) is 1.68. The summed E-state index contributed by atoms with van der Waals surface area (Å²) in [6.45, 7) is 8.50. The number of oxazole rings is 2. The van der Waals surface area contributed by atoms with Crippen LogP contribution in [0.3, 0.4) is 0 Å².